The summed E-state index contributed by atoms with van der Waals surface area (Å²) in [6.07, 6.45) is 2.56. The number of nitrogens with one attached hydrogen (secondary N) is 1. The van der Waals surface area contributed by atoms with Gasteiger partial charge in [-0.25, -0.2) is 12.7 Å². The van der Waals surface area contributed by atoms with Crippen molar-refractivity contribution in [1.29, 1.82) is 0 Å². The van der Waals surface area contributed by atoms with Crippen LogP contribution in [0, 0.1) is 0 Å². The van der Waals surface area contributed by atoms with Gasteiger partial charge in [-0.05, 0) is 55.3 Å². The van der Waals surface area contributed by atoms with Crippen LogP contribution in [0.3, 0.4) is 0 Å². The van der Waals surface area contributed by atoms with Gasteiger partial charge in [0.05, 0.1) is 4.90 Å². The Bertz CT molecular complexity index is 918. The Labute approximate surface area is 167 Å². The zero-order valence-corrected chi connectivity index (χ0v) is 17.2. The third-order valence-corrected chi connectivity index (χ3v) is 6.77. The number of carbonyl (C=O) groups excluding carboxylic acids is 1. The predicted octanol–water partition coefficient (Wildman–Crippen LogP) is 2.46. The first kappa shape index (κ1) is 20.5. The molecule has 3 rings (SSSR count). The number of rotatable bonds is 7. The van der Waals surface area contributed by atoms with Gasteiger partial charge in [0.2, 0.25) is 10.0 Å². The molecular formula is C21H27N3O3S. The minimum atomic E-state index is -3.57. The highest BCUT2D eigenvalue weighted by Gasteiger charge is 2.18. The minimum absolute atomic E-state index is 0.108. The van der Waals surface area contributed by atoms with E-state index in [1.54, 1.807) is 12.1 Å². The van der Waals surface area contributed by atoms with Gasteiger partial charge in [-0.3, -0.25) is 9.69 Å². The lowest BCUT2D eigenvalue weighted by atomic mass is 10.1. The molecule has 1 saturated heterocycles. The summed E-state index contributed by atoms with van der Waals surface area (Å²) in [7, 11) is -0.630. The molecule has 1 amide bonds. The zero-order valence-electron chi connectivity index (χ0n) is 16.4. The van der Waals surface area contributed by atoms with Gasteiger partial charge in [0.1, 0.15) is 0 Å². The van der Waals surface area contributed by atoms with E-state index in [0.29, 0.717) is 12.1 Å². The van der Waals surface area contributed by atoms with Crippen molar-refractivity contribution in [2.45, 2.75) is 30.8 Å². The Balaban J connectivity index is 1.59. The van der Waals surface area contributed by atoms with Crippen molar-refractivity contribution in [3.63, 3.8) is 0 Å². The van der Waals surface area contributed by atoms with Gasteiger partial charge in [0.15, 0.2) is 0 Å². The van der Waals surface area contributed by atoms with Crippen molar-refractivity contribution in [3.8, 4) is 0 Å². The van der Waals surface area contributed by atoms with Crippen molar-refractivity contribution < 1.29 is 13.2 Å². The molecule has 1 N–H and O–H groups in total. The summed E-state index contributed by atoms with van der Waals surface area (Å²) in [6.45, 7) is 3.70. The normalized spacial score (nSPS) is 15.1. The van der Waals surface area contributed by atoms with E-state index in [1.165, 1.54) is 57.7 Å². The average molecular weight is 402 g/mol. The number of nitrogens with zero attached hydrogens (tertiary/aromatic N) is 2. The Morgan fingerprint density at radius 3 is 2.32 bits per heavy atom. The lowest BCUT2D eigenvalue weighted by Crippen LogP contribution is -2.25. The lowest BCUT2D eigenvalue weighted by Gasteiger charge is -2.15. The molecule has 2 aromatic rings. The van der Waals surface area contributed by atoms with Crippen molar-refractivity contribution >= 4 is 15.9 Å². The molecule has 28 heavy (non-hydrogen) atoms. The first-order valence-corrected chi connectivity index (χ1v) is 10.9. The molecule has 0 aliphatic carbocycles. The monoisotopic (exact) mass is 401 g/mol. The van der Waals surface area contributed by atoms with Gasteiger partial charge in [0.25, 0.3) is 5.91 Å². The quantitative estimate of drug-likeness (QED) is 0.774. The van der Waals surface area contributed by atoms with E-state index in [0.717, 1.165) is 16.4 Å². The van der Waals surface area contributed by atoms with Gasteiger partial charge in [-0.2, -0.15) is 0 Å². The van der Waals surface area contributed by atoms with Crippen LogP contribution in [0.5, 0.6) is 0 Å². The lowest BCUT2D eigenvalue weighted by molar-refractivity contribution is 0.0950. The summed E-state index contributed by atoms with van der Waals surface area (Å²) in [6, 6.07) is 14.3. The first-order chi connectivity index (χ1) is 13.4. The molecule has 6 nitrogen and oxygen atoms in total. The molecule has 1 aliphatic rings. The largest absolute Gasteiger partial charge is 0.348 e. The molecule has 7 heteroatoms. The average Bonchev–Trinajstić information content (AvgIpc) is 3.20. The van der Waals surface area contributed by atoms with Crippen LogP contribution in [-0.2, 0) is 23.1 Å². The molecule has 0 spiro atoms. The van der Waals surface area contributed by atoms with Crippen LogP contribution in [0.4, 0.5) is 0 Å². The van der Waals surface area contributed by atoms with Gasteiger partial charge in [0, 0.05) is 32.7 Å². The van der Waals surface area contributed by atoms with Gasteiger partial charge in [-0.1, -0.05) is 30.3 Å². The van der Waals surface area contributed by atoms with Crippen molar-refractivity contribution in [2.24, 2.45) is 0 Å². The van der Waals surface area contributed by atoms with Gasteiger partial charge >= 0.3 is 0 Å². The van der Waals surface area contributed by atoms with Crippen LogP contribution in [0.2, 0.25) is 0 Å². The Morgan fingerprint density at radius 1 is 1.04 bits per heavy atom. The standard InChI is InChI=1S/C21H27N3O3S/c1-23(2)28(26,27)20-7-5-6-19(14-20)21(25)22-15-17-8-10-18(11-9-17)16-24-12-3-4-13-24/h5-11,14H,3-4,12-13,15-16H2,1-2H3,(H,22,25). The van der Waals surface area contributed by atoms with E-state index in [9.17, 15) is 13.2 Å². The van der Waals surface area contributed by atoms with E-state index in [1.807, 2.05) is 12.1 Å². The van der Waals surface area contributed by atoms with Crippen LogP contribution in [0.25, 0.3) is 0 Å². The topological polar surface area (TPSA) is 69.7 Å². The van der Waals surface area contributed by atoms with E-state index in [4.69, 9.17) is 0 Å². The van der Waals surface area contributed by atoms with Crippen LogP contribution < -0.4 is 5.32 Å². The number of carbonyl (C=O) groups is 1. The van der Waals surface area contributed by atoms with E-state index >= 15 is 0 Å². The zero-order chi connectivity index (χ0) is 20.1. The van der Waals surface area contributed by atoms with E-state index in [2.05, 4.69) is 22.3 Å². The number of amides is 1. The smallest absolute Gasteiger partial charge is 0.251 e. The maximum absolute atomic E-state index is 12.4. The minimum Gasteiger partial charge on any atom is -0.348 e. The molecule has 1 heterocycles. The summed E-state index contributed by atoms with van der Waals surface area (Å²) >= 11 is 0. The van der Waals surface area contributed by atoms with E-state index < -0.39 is 10.0 Å². The summed E-state index contributed by atoms with van der Waals surface area (Å²) in [4.78, 5) is 15.0. The number of hydrogen-bond donors (Lipinski definition) is 1. The third kappa shape index (κ3) is 4.98. The molecule has 0 saturated carbocycles. The molecule has 2 aromatic carbocycles. The summed E-state index contributed by atoms with van der Waals surface area (Å²) in [5.41, 5.74) is 2.61. The second-order valence-electron chi connectivity index (χ2n) is 7.30. The fourth-order valence-corrected chi connectivity index (χ4v) is 4.20. The number of sulfonamides is 1. The first-order valence-electron chi connectivity index (χ1n) is 9.47. The highest BCUT2D eigenvalue weighted by Crippen LogP contribution is 2.16. The molecule has 0 unspecified atom stereocenters. The van der Waals surface area contributed by atoms with Gasteiger partial charge < -0.3 is 5.32 Å². The SMILES string of the molecule is CN(C)S(=O)(=O)c1cccc(C(=O)NCc2ccc(CN3CCCC3)cc2)c1. The Morgan fingerprint density at radius 2 is 1.68 bits per heavy atom. The maximum atomic E-state index is 12.4. The van der Waals surface area contributed by atoms with Crippen LogP contribution in [-0.4, -0.2) is 50.7 Å². The maximum Gasteiger partial charge on any atom is 0.251 e. The summed E-state index contributed by atoms with van der Waals surface area (Å²) in [5, 5.41) is 2.86. The molecule has 1 aliphatic heterocycles. The fraction of sp³-hybridized carbons (Fsp3) is 0.381. The molecule has 0 bridgehead atoms. The molecular weight excluding hydrogens is 374 g/mol. The highest BCUT2D eigenvalue weighted by molar-refractivity contribution is 7.89. The third-order valence-electron chi connectivity index (χ3n) is 4.96. The second-order valence-corrected chi connectivity index (χ2v) is 9.45. The summed E-state index contributed by atoms with van der Waals surface area (Å²) < 4.78 is 25.6. The predicted molar refractivity (Wildman–Crippen MR) is 109 cm³/mol. The van der Waals surface area contributed by atoms with Crippen LogP contribution in [0.15, 0.2) is 53.4 Å². The number of benzene rings is 2. The number of hydrogen-bond acceptors (Lipinski definition) is 4. The van der Waals surface area contributed by atoms with Gasteiger partial charge in [-0.15, -0.1) is 0 Å². The molecule has 150 valence electrons. The second kappa shape index (κ2) is 8.86. The fourth-order valence-electron chi connectivity index (χ4n) is 3.25. The summed E-state index contributed by atoms with van der Waals surface area (Å²) in [5.74, 6) is -0.294. The molecule has 0 aromatic heterocycles. The van der Waals surface area contributed by atoms with Crippen LogP contribution >= 0.6 is 0 Å². The highest BCUT2D eigenvalue weighted by atomic mass is 32.2. The van der Waals surface area contributed by atoms with E-state index in [-0.39, 0.29) is 10.8 Å². The van der Waals surface area contributed by atoms with Crippen molar-refractivity contribution in [2.75, 3.05) is 27.2 Å². The molecule has 0 atom stereocenters. The molecule has 1 fully saturated rings. The Kier molecular flexibility index (Phi) is 6.49. The Hall–Kier alpha value is -2.22. The number of likely N-dealkylation sites (tertiary alicyclic amines) is 1. The van der Waals surface area contributed by atoms with Crippen molar-refractivity contribution in [3.05, 3.63) is 65.2 Å². The molecule has 0 radical (unpaired) electrons. The van der Waals surface area contributed by atoms with Crippen LogP contribution in [0.1, 0.15) is 34.3 Å². The van der Waals surface area contributed by atoms with Crippen molar-refractivity contribution in [1.82, 2.24) is 14.5 Å².